The molecule has 0 aliphatic heterocycles. The van der Waals surface area contributed by atoms with E-state index in [0.29, 0.717) is 12.5 Å². The molecule has 2 N–H and O–H groups in total. The number of carbonyl (C=O) groups excluding carboxylic acids is 1. The second-order valence-corrected chi connectivity index (χ2v) is 4.98. The van der Waals surface area contributed by atoms with Crippen LogP contribution in [-0.2, 0) is 0 Å². The summed E-state index contributed by atoms with van der Waals surface area (Å²) in [6.07, 6.45) is 0. The van der Waals surface area contributed by atoms with Crippen LogP contribution in [0.4, 0.5) is 10.5 Å². The first-order valence-corrected chi connectivity index (χ1v) is 6.27. The maximum atomic E-state index is 11.5. The monoisotopic (exact) mass is 250 g/mol. The molecule has 0 spiro atoms. The molecule has 0 bridgehead atoms. The molecule has 0 heterocycles. The average molecular weight is 250 g/mol. The lowest BCUT2D eigenvalue weighted by Crippen LogP contribution is -2.34. The number of anilines is 1. The number of urea groups is 1. The minimum atomic E-state index is -0.194. The summed E-state index contributed by atoms with van der Waals surface area (Å²) in [7, 11) is 0. The van der Waals surface area contributed by atoms with Gasteiger partial charge >= 0.3 is 6.03 Å². The Morgan fingerprint density at radius 1 is 1.17 bits per heavy atom. The summed E-state index contributed by atoms with van der Waals surface area (Å²) in [4.78, 5) is 11.5. The first-order valence-electron chi connectivity index (χ1n) is 6.27. The zero-order chi connectivity index (χ0) is 13.5. The van der Waals surface area contributed by atoms with Gasteiger partial charge in [-0.25, -0.2) is 4.79 Å². The molecule has 0 aliphatic carbocycles. The predicted molar refractivity (Wildman–Crippen MR) is 74.1 cm³/mol. The van der Waals surface area contributed by atoms with Crippen LogP contribution in [0.15, 0.2) is 24.3 Å². The van der Waals surface area contributed by atoms with Gasteiger partial charge in [-0.1, -0.05) is 13.8 Å². The van der Waals surface area contributed by atoms with E-state index in [1.165, 1.54) is 0 Å². The van der Waals surface area contributed by atoms with E-state index < -0.39 is 0 Å². The van der Waals surface area contributed by atoms with E-state index in [0.717, 1.165) is 11.4 Å². The van der Waals surface area contributed by atoms with E-state index in [4.69, 9.17) is 4.74 Å². The molecule has 100 valence electrons. The smallest absolute Gasteiger partial charge is 0.319 e. The third-order valence-electron chi connectivity index (χ3n) is 2.12. The Morgan fingerprint density at radius 2 is 1.78 bits per heavy atom. The Kier molecular flexibility index (Phi) is 5.49. The van der Waals surface area contributed by atoms with Gasteiger partial charge < -0.3 is 15.4 Å². The van der Waals surface area contributed by atoms with Crippen molar-refractivity contribution in [3.63, 3.8) is 0 Å². The zero-order valence-corrected chi connectivity index (χ0v) is 11.5. The Balaban J connectivity index is 2.47. The molecular formula is C14H22N2O2. The van der Waals surface area contributed by atoms with Gasteiger partial charge in [-0.2, -0.15) is 0 Å². The average Bonchev–Trinajstić information content (AvgIpc) is 2.26. The predicted octanol–water partition coefficient (Wildman–Crippen LogP) is 3.25. The van der Waals surface area contributed by atoms with Gasteiger partial charge in [0.05, 0.1) is 6.61 Å². The first-order chi connectivity index (χ1) is 8.47. The summed E-state index contributed by atoms with van der Waals surface area (Å²) < 4.78 is 5.56. The number of hydrogen-bond acceptors (Lipinski definition) is 2. The molecule has 0 unspecified atom stereocenters. The van der Waals surface area contributed by atoms with Crippen molar-refractivity contribution in [2.75, 3.05) is 11.9 Å². The molecule has 0 saturated carbocycles. The third-order valence-corrected chi connectivity index (χ3v) is 2.12. The van der Waals surface area contributed by atoms with Crippen molar-refractivity contribution in [3.05, 3.63) is 24.3 Å². The highest BCUT2D eigenvalue weighted by molar-refractivity contribution is 5.89. The molecule has 0 aromatic heterocycles. The second kappa shape index (κ2) is 6.89. The lowest BCUT2D eigenvalue weighted by Gasteiger charge is -2.11. The van der Waals surface area contributed by atoms with Gasteiger partial charge in [-0.3, -0.25) is 0 Å². The summed E-state index contributed by atoms with van der Waals surface area (Å²) >= 11 is 0. The molecule has 2 amide bonds. The lowest BCUT2D eigenvalue weighted by molar-refractivity contribution is 0.250. The van der Waals surface area contributed by atoms with E-state index in [1.54, 1.807) is 0 Å². The molecule has 0 saturated heterocycles. The van der Waals surface area contributed by atoms with Crippen LogP contribution in [0.25, 0.3) is 0 Å². The standard InChI is InChI=1S/C14H22N2O2/c1-10(2)9-18-13-7-5-12(6-8-13)16-14(17)15-11(3)4/h5-8,10-11H,9H2,1-4H3,(H2,15,16,17). The van der Waals surface area contributed by atoms with Crippen LogP contribution in [-0.4, -0.2) is 18.7 Å². The van der Waals surface area contributed by atoms with Gasteiger partial charge in [0.2, 0.25) is 0 Å². The Morgan fingerprint density at radius 3 is 2.28 bits per heavy atom. The molecule has 4 nitrogen and oxygen atoms in total. The molecule has 1 aromatic carbocycles. The number of rotatable bonds is 5. The molecule has 0 radical (unpaired) electrons. The van der Waals surface area contributed by atoms with Crippen molar-refractivity contribution in [2.45, 2.75) is 33.7 Å². The molecule has 1 aromatic rings. The van der Waals surface area contributed by atoms with Gasteiger partial charge in [-0.15, -0.1) is 0 Å². The Labute approximate surface area is 109 Å². The third kappa shape index (κ3) is 5.57. The van der Waals surface area contributed by atoms with Crippen molar-refractivity contribution < 1.29 is 9.53 Å². The number of benzene rings is 1. The quantitative estimate of drug-likeness (QED) is 0.842. The van der Waals surface area contributed by atoms with Crippen LogP contribution in [0.1, 0.15) is 27.7 Å². The number of carbonyl (C=O) groups is 1. The summed E-state index contributed by atoms with van der Waals surface area (Å²) in [5, 5.41) is 5.52. The fraction of sp³-hybridized carbons (Fsp3) is 0.500. The van der Waals surface area contributed by atoms with Crippen LogP contribution < -0.4 is 15.4 Å². The Hall–Kier alpha value is -1.71. The van der Waals surface area contributed by atoms with Crippen molar-refractivity contribution in [3.8, 4) is 5.75 Å². The van der Waals surface area contributed by atoms with Crippen molar-refractivity contribution in [1.82, 2.24) is 5.32 Å². The van der Waals surface area contributed by atoms with Gasteiger partial charge in [0.25, 0.3) is 0 Å². The molecule has 0 fully saturated rings. The van der Waals surface area contributed by atoms with E-state index in [9.17, 15) is 4.79 Å². The number of nitrogens with one attached hydrogen (secondary N) is 2. The molecule has 0 aliphatic rings. The first kappa shape index (κ1) is 14.4. The Bertz CT molecular complexity index is 372. The summed E-state index contributed by atoms with van der Waals surface area (Å²) in [5.74, 6) is 1.32. The number of ether oxygens (including phenoxy) is 1. The molecule has 4 heteroatoms. The van der Waals surface area contributed by atoms with Crippen LogP contribution in [0.3, 0.4) is 0 Å². The van der Waals surface area contributed by atoms with E-state index in [2.05, 4.69) is 24.5 Å². The van der Waals surface area contributed by atoms with Crippen LogP contribution >= 0.6 is 0 Å². The summed E-state index contributed by atoms with van der Waals surface area (Å²) in [6.45, 7) is 8.74. The van der Waals surface area contributed by atoms with Gasteiger partial charge in [0.1, 0.15) is 5.75 Å². The topological polar surface area (TPSA) is 50.4 Å². The van der Waals surface area contributed by atoms with Crippen LogP contribution in [0.5, 0.6) is 5.75 Å². The van der Waals surface area contributed by atoms with Crippen LogP contribution in [0.2, 0.25) is 0 Å². The van der Waals surface area contributed by atoms with E-state index in [1.807, 2.05) is 38.1 Å². The molecular weight excluding hydrogens is 228 g/mol. The second-order valence-electron chi connectivity index (χ2n) is 4.98. The fourth-order valence-electron chi connectivity index (χ4n) is 1.33. The van der Waals surface area contributed by atoms with Gasteiger partial charge in [0.15, 0.2) is 0 Å². The van der Waals surface area contributed by atoms with Crippen molar-refractivity contribution in [2.24, 2.45) is 5.92 Å². The molecule has 18 heavy (non-hydrogen) atoms. The van der Waals surface area contributed by atoms with Gasteiger partial charge in [0, 0.05) is 11.7 Å². The van der Waals surface area contributed by atoms with Crippen molar-refractivity contribution >= 4 is 11.7 Å². The normalized spacial score (nSPS) is 10.6. The highest BCUT2D eigenvalue weighted by atomic mass is 16.5. The molecule has 0 atom stereocenters. The maximum Gasteiger partial charge on any atom is 0.319 e. The fourth-order valence-corrected chi connectivity index (χ4v) is 1.33. The number of hydrogen-bond donors (Lipinski definition) is 2. The highest BCUT2D eigenvalue weighted by Crippen LogP contribution is 2.16. The lowest BCUT2D eigenvalue weighted by atomic mass is 10.2. The SMILES string of the molecule is CC(C)COc1ccc(NC(=O)NC(C)C)cc1. The molecule has 1 rings (SSSR count). The largest absolute Gasteiger partial charge is 0.493 e. The van der Waals surface area contributed by atoms with E-state index in [-0.39, 0.29) is 12.1 Å². The minimum Gasteiger partial charge on any atom is -0.493 e. The van der Waals surface area contributed by atoms with Crippen LogP contribution in [0, 0.1) is 5.92 Å². The number of amides is 2. The van der Waals surface area contributed by atoms with Gasteiger partial charge in [-0.05, 0) is 44.0 Å². The zero-order valence-electron chi connectivity index (χ0n) is 11.5. The minimum absolute atomic E-state index is 0.124. The highest BCUT2D eigenvalue weighted by Gasteiger charge is 2.03. The van der Waals surface area contributed by atoms with E-state index >= 15 is 0 Å². The summed E-state index contributed by atoms with van der Waals surface area (Å²) in [5.41, 5.74) is 0.755. The summed E-state index contributed by atoms with van der Waals surface area (Å²) in [6, 6.07) is 7.30. The maximum absolute atomic E-state index is 11.5. The van der Waals surface area contributed by atoms with Crippen molar-refractivity contribution in [1.29, 1.82) is 0 Å².